The molecular formula is C20H21N3O2. The van der Waals surface area contributed by atoms with Gasteiger partial charge in [-0.1, -0.05) is 29.4 Å². The van der Waals surface area contributed by atoms with Crippen molar-refractivity contribution in [2.24, 2.45) is 0 Å². The summed E-state index contributed by atoms with van der Waals surface area (Å²) in [4.78, 5) is 4.50. The largest absolute Gasteiger partial charge is 0.496 e. The van der Waals surface area contributed by atoms with Gasteiger partial charge in [-0.15, -0.1) is 0 Å². The molecule has 5 heteroatoms. The molecular weight excluding hydrogens is 314 g/mol. The van der Waals surface area contributed by atoms with Crippen LogP contribution in [0.15, 0.2) is 47.0 Å². The van der Waals surface area contributed by atoms with Gasteiger partial charge in [-0.25, -0.2) is 0 Å². The highest BCUT2D eigenvalue weighted by molar-refractivity contribution is 5.63. The lowest BCUT2D eigenvalue weighted by Crippen LogP contribution is -2.08. The zero-order chi connectivity index (χ0) is 17.1. The number of rotatable bonds is 5. The number of methoxy groups -OCH3 is 1. The lowest BCUT2D eigenvalue weighted by Gasteiger charge is -2.19. The second-order valence-electron chi connectivity index (χ2n) is 6.22. The summed E-state index contributed by atoms with van der Waals surface area (Å²) in [5.41, 5.74) is 4.89. The monoisotopic (exact) mass is 335 g/mol. The van der Waals surface area contributed by atoms with Crippen LogP contribution in [0.1, 0.15) is 29.9 Å². The van der Waals surface area contributed by atoms with Crippen molar-refractivity contribution in [2.45, 2.75) is 32.2 Å². The maximum absolute atomic E-state index is 5.41. The van der Waals surface area contributed by atoms with Crippen LogP contribution in [0, 0.1) is 0 Å². The molecule has 4 rings (SSSR count). The smallest absolute Gasteiger partial charge is 0.246 e. The zero-order valence-electron chi connectivity index (χ0n) is 14.3. The number of anilines is 1. The molecule has 2 aromatic carbocycles. The molecule has 0 bridgehead atoms. The van der Waals surface area contributed by atoms with Crippen LogP contribution in [0.3, 0.4) is 0 Å². The maximum atomic E-state index is 5.41. The number of hydrogen-bond acceptors (Lipinski definition) is 5. The van der Waals surface area contributed by atoms with Crippen LogP contribution in [-0.4, -0.2) is 17.3 Å². The van der Waals surface area contributed by atoms with Gasteiger partial charge in [0, 0.05) is 5.69 Å². The summed E-state index contributed by atoms with van der Waals surface area (Å²) < 4.78 is 10.8. The minimum Gasteiger partial charge on any atom is -0.496 e. The van der Waals surface area contributed by atoms with Gasteiger partial charge < -0.3 is 14.6 Å². The van der Waals surface area contributed by atoms with Crippen LogP contribution in [0.2, 0.25) is 0 Å². The van der Waals surface area contributed by atoms with Gasteiger partial charge in [0.15, 0.2) is 0 Å². The number of ether oxygens (including phenoxy) is 1. The van der Waals surface area contributed by atoms with E-state index in [2.05, 4.69) is 33.7 Å². The molecule has 1 N–H and O–H groups in total. The van der Waals surface area contributed by atoms with Crippen LogP contribution in [0.5, 0.6) is 5.75 Å². The number of nitrogens with zero attached hydrogens (tertiary/aromatic N) is 2. The quantitative estimate of drug-likeness (QED) is 0.756. The first kappa shape index (κ1) is 15.7. The van der Waals surface area contributed by atoms with Gasteiger partial charge in [0.2, 0.25) is 11.7 Å². The zero-order valence-corrected chi connectivity index (χ0v) is 14.3. The predicted molar refractivity (Wildman–Crippen MR) is 96.7 cm³/mol. The van der Waals surface area contributed by atoms with Crippen molar-refractivity contribution < 1.29 is 9.26 Å². The Morgan fingerprint density at radius 2 is 1.96 bits per heavy atom. The average molecular weight is 335 g/mol. The molecule has 0 spiro atoms. The van der Waals surface area contributed by atoms with Crippen LogP contribution in [-0.2, 0) is 19.4 Å². The fraction of sp³-hybridized carbons (Fsp3) is 0.300. The van der Waals surface area contributed by atoms with E-state index in [0.29, 0.717) is 18.3 Å². The molecule has 0 atom stereocenters. The van der Waals surface area contributed by atoms with E-state index in [1.54, 1.807) is 7.11 Å². The molecule has 0 fully saturated rings. The molecule has 0 radical (unpaired) electrons. The molecule has 1 heterocycles. The van der Waals surface area contributed by atoms with Gasteiger partial charge >= 0.3 is 0 Å². The number of nitrogens with one attached hydrogen (secondary N) is 1. The summed E-state index contributed by atoms with van der Waals surface area (Å²) in [6.07, 6.45) is 4.84. The first-order valence-electron chi connectivity index (χ1n) is 8.66. The number of para-hydroxylation sites is 1. The predicted octanol–water partition coefficient (Wildman–Crippen LogP) is 4.24. The van der Waals surface area contributed by atoms with E-state index in [-0.39, 0.29) is 0 Å². The first-order chi connectivity index (χ1) is 12.3. The number of fused-ring (bicyclic) bond motifs is 1. The van der Waals surface area contributed by atoms with E-state index >= 15 is 0 Å². The van der Waals surface area contributed by atoms with E-state index in [9.17, 15) is 0 Å². The molecule has 5 nitrogen and oxygen atoms in total. The van der Waals surface area contributed by atoms with Crippen molar-refractivity contribution in [3.63, 3.8) is 0 Å². The van der Waals surface area contributed by atoms with Crippen LogP contribution >= 0.6 is 0 Å². The van der Waals surface area contributed by atoms with Gasteiger partial charge in [-0.05, 0) is 55.0 Å². The summed E-state index contributed by atoms with van der Waals surface area (Å²) in [7, 11) is 1.64. The summed E-state index contributed by atoms with van der Waals surface area (Å²) in [5.74, 6) is 1.85. The SMILES string of the molecule is COc1ccccc1-c1noc(CNc2cccc3c2CCCC3)n1. The van der Waals surface area contributed by atoms with Crippen LogP contribution in [0.25, 0.3) is 11.4 Å². The van der Waals surface area contributed by atoms with Crippen molar-refractivity contribution in [3.8, 4) is 17.1 Å². The number of benzene rings is 2. The Labute approximate surface area is 147 Å². The fourth-order valence-electron chi connectivity index (χ4n) is 3.38. The number of aryl methyl sites for hydroxylation is 1. The number of aromatic nitrogens is 2. The van der Waals surface area contributed by atoms with E-state index < -0.39 is 0 Å². The summed E-state index contributed by atoms with van der Waals surface area (Å²) in [5, 5.41) is 7.54. The molecule has 0 unspecified atom stereocenters. The van der Waals surface area contributed by atoms with E-state index in [0.717, 1.165) is 17.7 Å². The third-order valence-corrected chi connectivity index (χ3v) is 4.64. The Balaban J connectivity index is 1.51. The van der Waals surface area contributed by atoms with E-state index in [1.165, 1.54) is 36.1 Å². The lowest BCUT2D eigenvalue weighted by molar-refractivity contribution is 0.383. The van der Waals surface area contributed by atoms with Crippen LogP contribution in [0.4, 0.5) is 5.69 Å². The minimum absolute atomic E-state index is 0.513. The highest BCUT2D eigenvalue weighted by Crippen LogP contribution is 2.29. The summed E-state index contributed by atoms with van der Waals surface area (Å²) in [6.45, 7) is 0.513. The molecule has 3 aromatic rings. The van der Waals surface area contributed by atoms with Gasteiger partial charge in [0.25, 0.3) is 0 Å². The molecule has 0 saturated heterocycles. The summed E-state index contributed by atoms with van der Waals surface area (Å²) in [6, 6.07) is 14.1. The van der Waals surface area contributed by atoms with Crippen molar-refractivity contribution >= 4 is 5.69 Å². The molecule has 1 aliphatic rings. The third kappa shape index (κ3) is 3.22. The Hall–Kier alpha value is -2.82. The van der Waals surface area contributed by atoms with Crippen molar-refractivity contribution in [2.75, 3.05) is 12.4 Å². The molecule has 25 heavy (non-hydrogen) atoms. The second kappa shape index (κ2) is 6.97. The molecule has 1 aromatic heterocycles. The van der Waals surface area contributed by atoms with Crippen molar-refractivity contribution in [1.29, 1.82) is 0 Å². The number of hydrogen-bond donors (Lipinski definition) is 1. The minimum atomic E-state index is 0.513. The van der Waals surface area contributed by atoms with Crippen LogP contribution < -0.4 is 10.1 Å². The third-order valence-electron chi connectivity index (χ3n) is 4.64. The lowest BCUT2D eigenvalue weighted by atomic mass is 9.90. The van der Waals surface area contributed by atoms with Crippen molar-refractivity contribution in [3.05, 3.63) is 59.5 Å². The standard InChI is InChI=1S/C20H21N3O2/c1-24-18-12-5-4-10-16(18)20-22-19(25-23-20)13-21-17-11-6-8-14-7-2-3-9-15(14)17/h4-6,8,10-12,21H,2-3,7,9,13H2,1H3. The molecule has 128 valence electrons. The van der Waals surface area contributed by atoms with E-state index in [1.807, 2.05) is 24.3 Å². The van der Waals surface area contributed by atoms with Gasteiger partial charge in [0.05, 0.1) is 19.2 Å². The highest BCUT2D eigenvalue weighted by atomic mass is 16.5. The molecule has 0 amide bonds. The summed E-state index contributed by atoms with van der Waals surface area (Å²) >= 11 is 0. The Morgan fingerprint density at radius 3 is 2.88 bits per heavy atom. The normalized spacial score (nSPS) is 13.3. The second-order valence-corrected chi connectivity index (χ2v) is 6.22. The average Bonchev–Trinajstić information content (AvgIpc) is 3.15. The van der Waals surface area contributed by atoms with Gasteiger partial charge in [0.1, 0.15) is 5.75 Å². The van der Waals surface area contributed by atoms with Gasteiger partial charge in [-0.2, -0.15) is 4.98 Å². The Bertz CT molecular complexity index is 873. The Kier molecular flexibility index (Phi) is 4.37. The topological polar surface area (TPSA) is 60.2 Å². The molecule has 0 aliphatic heterocycles. The Morgan fingerprint density at radius 1 is 1.08 bits per heavy atom. The molecule has 1 aliphatic carbocycles. The molecule has 0 saturated carbocycles. The highest BCUT2D eigenvalue weighted by Gasteiger charge is 2.15. The van der Waals surface area contributed by atoms with Crippen molar-refractivity contribution in [1.82, 2.24) is 10.1 Å². The first-order valence-corrected chi connectivity index (χ1v) is 8.66. The maximum Gasteiger partial charge on any atom is 0.246 e. The fourth-order valence-corrected chi connectivity index (χ4v) is 3.38. The van der Waals surface area contributed by atoms with E-state index in [4.69, 9.17) is 9.26 Å². The van der Waals surface area contributed by atoms with Gasteiger partial charge in [-0.3, -0.25) is 0 Å².